The lowest BCUT2D eigenvalue weighted by molar-refractivity contribution is -0.125. The van der Waals surface area contributed by atoms with Crippen molar-refractivity contribution < 1.29 is 22.7 Å². The number of amides is 1. The lowest BCUT2D eigenvalue weighted by Crippen LogP contribution is -2.44. The molecule has 0 spiro atoms. The first kappa shape index (κ1) is 31.3. The highest BCUT2D eigenvalue weighted by atomic mass is 32.2. The normalized spacial score (nSPS) is 14.8. The SMILES string of the molecule is COc1ccc(S(=O)(=O)N2Cc3ccccc3C2C(=O)NC(CCCc2ccccc2)CCCc2ccccc2)cc1OC. The van der Waals surface area contributed by atoms with Gasteiger partial charge in [-0.1, -0.05) is 84.9 Å². The number of carbonyl (C=O) groups is 1. The zero-order valence-electron chi connectivity index (χ0n) is 25.3. The molecule has 44 heavy (non-hydrogen) atoms. The smallest absolute Gasteiger partial charge is 0.244 e. The van der Waals surface area contributed by atoms with Crippen LogP contribution >= 0.6 is 0 Å². The fraction of sp³-hybridized carbons (Fsp3) is 0.306. The van der Waals surface area contributed by atoms with Crippen molar-refractivity contribution >= 4 is 15.9 Å². The number of fused-ring (bicyclic) bond motifs is 1. The summed E-state index contributed by atoms with van der Waals surface area (Å²) in [5.41, 5.74) is 4.06. The Balaban J connectivity index is 1.37. The molecular formula is C36H40N2O5S. The average molecular weight is 613 g/mol. The van der Waals surface area contributed by atoms with Crippen molar-refractivity contribution in [1.29, 1.82) is 0 Å². The van der Waals surface area contributed by atoms with Gasteiger partial charge in [0.15, 0.2) is 11.5 Å². The number of carbonyl (C=O) groups excluding carboxylic acids is 1. The van der Waals surface area contributed by atoms with Crippen molar-refractivity contribution in [3.05, 3.63) is 125 Å². The highest BCUT2D eigenvalue weighted by Gasteiger charge is 2.43. The van der Waals surface area contributed by atoms with Crippen molar-refractivity contribution in [2.75, 3.05) is 14.2 Å². The topological polar surface area (TPSA) is 84.9 Å². The van der Waals surface area contributed by atoms with Crippen LogP contribution in [0.3, 0.4) is 0 Å². The van der Waals surface area contributed by atoms with E-state index in [1.807, 2.05) is 60.7 Å². The molecule has 1 unspecified atom stereocenters. The summed E-state index contributed by atoms with van der Waals surface area (Å²) in [4.78, 5) is 14.2. The van der Waals surface area contributed by atoms with Crippen molar-refractivity contribution in [3.63, 3.8) is 0 Å². The number of nitrogens with zero attached hydrogens (tertiary/aromatic N) is 1. The molecule has 4 aromatic rings. The van der Waals surface area contributed by atoms with Gasteiger partial charge in [-0.2, -0.15) is 4.31 Å². The highest BCUT2D eigenvalue weighted by Crippen LogP contribution is 2.40. The van der Waals surface area contributed by atoms with Gasteiger partial charge in [0.25, 0.3) is 0 Å². The number of nitrogens with one attached hydrogen (secondary N) is 1. The van der Waals surface area contributed by atoms with Gasteiger partial charge in [0.1, 0.15) is 6.04 Å². The number of hydrogen-bond acceptors (Lipinski definition) is 5. The van der Waals surface area contributed by atoms with Crippen LogP contribution in [0.5, 0.6) is 11.5 Å². The van der Waals surface area contributed by atoms with Crippen LogP contribution in [0.4, 0.5) is 0 Å². The van der Waals surface area contributed by atoms with Crippen LogP contribution in [-0.4, -0.2) is 38.9 Å². The number of hydrogen-bond donors (Lipinski definition) is 1. The molecule has 1 heterocycles. The minimum atomic E-state index is -4.06. The van der Waals surface area contributed by atoms with Crippen molar-refractivity contribution in [1.82, 2.24) is 9.62 Å². The molecule has 0 aliphatic carbocycles. The number of ether oxygens (including phenoxy) is 2. The van der Waals surface area contributed by atoms with E-state index in [4.69, 9.17) is 9.47 Å². The maximum Gasteiger partial charge on any atom is 0.244 e. The molecule has 0 bridgehead atoms. The van der Waals surface area contributed by atoms with E-state index in [1.165, 1.54) is 41.8 Å². The Morgan fingerprint density at radius 2 is 1.36 bits per heavy atom. The van der Waals surface area contributed by atoms with E-state index in [0.29, 0.717) is 17.1 Å². The van der Waals surface area contributed by atoms with Gasteiger partial charge in [-0.05, 0) is 72.9 Å². The average Bonchev–Trinajstić information content (AvgIpc) is 3.46. The first-order valence-electron chi connectivity index (χ1n) is 15.1. The summed E-state index contributed by atoms with van der Waals surface area (Å²) in [5, 5.41) is 3.28. The van der Waals surface area contributed by atoms with Crippen LogP contribution in [0.25, 0.3) is 0 Å². The molecule has 230 valence electrons. The van der Waals surface area contributed by atoms with Gasteiger partial charge in [0, 0.05) is 18.7 Å². The summed E-state index contributed by atoms with van der Waals surface area (Å²) in [6.45, 7) is 0.109. The van der Waals surface area contributed by atoms with Gasteiger partial charge in [-0.15, -0.1) is 0 Å². The van der Waals surface area contributed by atoms with Gasteiger partial charge in [-0.25, -0.2) is 8.42 Å². The molecule has 1 N–H and O–H groups in total. The van der Waals surface area contributed by atoms with Gasteiger partial charge < -0.3 is 14.8 Å². The molecule has 5 rings (SSSR count). The molecule has 0 saturated heterocycles. The molecule has 0 aromatic heterocycles. The highest BCUT2D eigenvalue weighted by molar-refractivity contribution is 7.89. The summed E-state index contributed by atoms with van der Waals surface area (Å²) >= 11 is 0. The monoisotopic (exact) mass is 612 g/mol. The van der Waals surface area contributed by atoms with E-state index in [0.717, 1.165) is 44.1 Å². The second-order valence-electron chi connectivity index (χ2n) is 11.1. The number of rotatable bonds is 14. The van der Waals surface area contributed by atoms with Gasteiger partial charge >= 0.3 is 0 Å². The van der Waals surface area contributed by atoms with Crippen LogP contribution in [0.15, 0.2) is 108 Å². The maximum atomic E-state index is 14.1. The standard InChI is InChI=1S/C36H40N2O5S/c1-42-33-24-23-31(25-34(33)43-2)44(40,41)38-26-29-19-9-10-22-32(29)35(38)36(39)37-30(20-11-17-27-13-5-3-6-14-27)21-12-18-28-15-7-4-8-16-28/h3-10,13-16,19,22-25,30,35H,11-12,17-18,20-21,26H2,1-2H3,(H,37,39). The van der Waals surface area contributed by atoms with E-state index < -0.39 is 16.1 Å². The molecule has 4 aromatic carbocycles. The number of aryl methyl sites for hydroxylation is 2. The lowest BCUT2D eigenvalue weighted by atomic mass is 9.98. The summed E-state index contributed by atoms with van der Waals surface area (Å²) < 4.78 is 40.1. The zero-order valence-corrected chi connectivity index (χ0v) is 26.1. The van der Waals surface area contributed by atoms with Crippen molar-refractivity contribution in [3.8, 4) is 11.5 Å². The van der Waals surface area contributed by atoms with Gasteiger partial charge in [0.2, 0.25) is 15.9 Å². The second kappa shape index (κ2) is 14.6. The third-order valence-electron chi connectivity index (χ3n) is 8.24. The van der Waals surface area contributed by atoms with E-state index in [9.17, 15) is 13.2 Å². The van der Waals surface area contributed by atoms with E-state index in [1.54, 1.807) is 6.07 Å². The van der Waals surface area contributed by atoms with Crippen LogP contribution in [-0.2, 0) is 34.2 Å². The quantitative estimate of drug-likeness (QED) is 0.176. The first-order chi connectivity index (χ1) is 21.4. The lowest BCUT2D eigenvalue weighted by Gasteiger charge is -2.27. The fourth-order valence-corrected chi connectivity index (χ4v) is 7.49. The molecule has 1 aliphatic heterocycles. The molecule has 1 aliphatic rings. The van der Waals surface area contributed by atoms with E-state index in [2.05, 4.69) is 29.6 Å². The predicted molar refractivity (Wildman–Crippen MR) is 172 cm³/mol. The van der Waals surface area contributed by atoms with Gasteiger partial charge in [0.05, 0.1) is 19.1 Å². The molecule has 8 heteroatoms. The molecule has 1 amide bonds. The molecule has 1 atom stereocenters. The third kappa shape index (κ3) is 7.31. The van der Waals surface area contributed by atoms with E-state index >= 15 is 0 Å². The molecule has 0 saturated carbocycles. The summed E-state index contributed by atoms with van der Waals surface area (Å²) in [6, 6.07) is 31.6. The number of sulfonamides is 1. The largest absolute Gasteiger partial charge is 0.493 e. The van der Waals surface area contributed by atoms with Crippen LogP contribution in [0, 0.1) is 0 Å². The Kier molecular flexibility index (Phi) is 10.4. The molecule has 0 fully saturated rings. The van der Waals surface area contributed by atoms with Crippen LogP contribution < -0.4 is 14.8 Å². The minimum absolute atomic E-state index is 0.0445. The fourth-order valence-electron chi connectivity index (χ4n) is 5.93. The van der Waals surface area contributed by atoms with Crippen molar-refractivity contribution in [2.24, 2.45) is 0 Å². The second-order valence-corrected chi connectivity index (χ2v) is 13.0. The maximum absolute atomic E-state index is 14.1. The Morgan fingerprint density at radius 1 is 0.795 bits per heavy atom. The molecule has 0 radical (unpaired) electrons. The Morgan fingerprint density at radius 3 is 1.95 bits per heavy atom. The predicted octanol–water partition coefficient (Wildman–Crippen LogP) is 6.48. The molecular weight excluding hydrogens is 572 g/mol. The summed E-state index contributed by atoms with van der Waals surface area (Å²) in [7, 11) is -1.10. The third-order valence-corrected chi connectivity index (χ3v) is 10.0. The van der Waals surface area contributed by atoms with Crippen molar-refractivity contribution in [2.45, 2.75) is 62.0 Å². The Labute approximate surface area is 260 Å². The van der Waals surface area contributed by atoms with Gasteiger partial charge in [-0.3, -0.25) is 4.79 Å². The number of methoxy groups -OCH3 is 2. The zero-order chi connectivity index (χ0) is 30.9. The Bertz CT molecular complexity index is 1600. The molecule has 7 nitrogen and oxygen atoms in total. The van der Waals surface area contributed by atoms with Crippen LogP contribution in [0.2, 0.25) is 0 Å². The summed E-state index contributed by atoms with van der Waals surface area (Å²) in [6.07, 6.45) is 5.25. The first-order valence-corrected chi connectivity index (χ1v) is 16.5. The summed E-state index contributed by atoms with van der Waals surface area (Å²) in [5.74, 6) is 0.436. The van der Waals surface area contributed by atoms with E-state index in [-0.39, 0.29) is 23.4 Å². The number of benzene rings is 4. The van der Waals surface area contributed by atoms with Crippen LogP contribution in [0.1, 0.15) is 54.0 Å². The Hall–Kier alpha value is -4.14. The minimum Gasteiger partial charge on any atom is -0.493 e.